The number of piperidine rings is 3. The Morgan fingerprint density at radius 3 is 2.46 bits per heavy atom. The quantitative estimate of drug-likeness (QED) is 0.661. The molecule has 10 heteroatoms. The molecule has 10 nitrogen and oxygen atoms in total. The van der Waals surface area contributed by atoms with Crippen LogP contribution in [0.5, 0.6) is 0 Å². The molecule has 0 spiro atoms. The summed E-state index contributed by atoms with van der Waals surface area (Å²) in [5.74, 6) is 0.747. The molecule has 3 atom stereocenters. The van der Waals surface area contributed by atoms with Gasteiger partial charge in [0.2, 0.25) is 5.91 Å². The first-order valence-electron chi connectivity index (χ1n) is 12.6. The van der Waals surface area contributed by atoms with Gasteiger partial charge in [-0.3, -0.25) is 14.4 Å². The number of hydrogen-bond acceptors (Lipinski definition) is 5. The van der Waals surface area contributed by atoms with E-state index in [2.05, 4.69) is 15.1 Å². The average Bonchev–Trinajstić information content (AvgIpc) is 2.89. The third-order valence-electron chi connectivity index (χ3n) is 8.19. The van der Waals surface area contributed by atoms with E-state index in [0.717, 1.165) is 25.8 Å². The van der Waals surface area contributed by atoms with Crippen molar-refractivity contribution in [2.45, 2.75) is 31.7 Å². The van der Waals surface area contributed by atoms with Crippen LogP contribution in [0.1, 0.15) is 36.2 Å². The number of aromatic nitrogens is 2. The Morgan fingerprint density at radius 1 is 0.914 bits per heavy atom. The van der Waals surface area contributed by atoms with Crippen molar-refractivity contribution in [3.63, 3.8) is 0 Å². The maximum atomic E-state index is 13.4. The van der Waals surface area contributed by atoms with Crippen LogP contribution in [0.15, 0.2) is 29.1 Å². The van der Waals surface area contributed by atoms with E-state index in [-0.39, 0.29) is 35.1 Å². The summed E-state index contributed by atoms with van der Waals surface area (Å²) < 4.78 is 0. The van der Waals surface area contributed by atoms with Crippen molar-refractivity contribution in [2.24, 2.45) is 11.8 Å². The minimum Gasteiger partial charge on any atom is -0.339 e. The Kier molecular flexibility index (Phi) is 5.46. The molecule has 0 radical (unpaired) electrons. The number of carbonyl (C=O) groups excluding carboxylic acids is 3. The standard InChI is InChI=1S/C25H30N6O4/c32-21-7-3-6-20-17-12-16(14-31(20)21)13-30(15-17)25(35)29-10-8-28(9-11-29)24(34)22-18-4-1-2-5-19(18)23(33)27-26-22/h1-2,4-5,16-17,20H,3,6-15H2,(H,27,33)/t16?,17?,20-/m1/s1. The molecule has 1 aromatic carbocycles. The number of likely N-dealkylation sites (tertiary alicyclic amines) is 1. The van der Waals surface area contributed by atoms with Crippen LogP contribution >= 0.6 is 0 Å². The molecule has 5 heterocycles. The van der Waals surface area contributed by atoms with Gasteiger partial charge in [-0.05, 0) is 37.2 Å². The average molecular weight is 479 g/mol. The van der Waals surface area contributed by atoms with Crippen LogP contribution in [0.4, 0.5) is 4.79 Å². The molecule has 0 aliphatic carbocycles. The van der Waals surface area contributed by atoms with Crippen molar-refractivity contribution in [2.75, 3.05) is 45.8 Å². The molecule has 4 aliphatic heterocycles. The lowest BCUT2D eigenvalue weighted by Crippen LogP contribution is -2.63. The van der Waals surface area contributed by atoms with Gasteiger partial charge in [-0.15, -0.1) is 0 Å². The van der Waals surface area contributed by atoms with Gasteiger partial charge in [-0.25, -0.2) is 9.89 Å². The lowest BCUT2D eigenvalue weighted by atomic mass is 9.76. The zero-order valence-electron chi connectivity index (χ0n) is 19.7. The van der Waals surface area contributed by atoms with Crippen molar-refractivity contribution in [3.8, 4) is 0 Å². The van der Waals surface area contributed by atoms with E-state index in [4.69, 9.17) is 0 Å². The number of rotatable bonds is 1. The van der Waals surface area contributed by atoms with Crippen molar-refractivity contribution in [1.82, 2.24) is 29.8 Å². The topological polar surface area (TPSA) is 110 Å². The fourth-order valence-electron chi connectivity index (χ4n) is 6.49. The van der Waals surface area contributed by atoms with Gasteiger partial charge < -0.3 is 19.6 Å². The molecule has 2 unspecified atom stereocenters. The number of urea groups is 1. The number of nitrogens with zero attached hydrogens (tertiary/aromatic N) is 5. The van der Waals surface area contributed by atoms with Gasteiger partial charge >= 0.3 is 6.03 Å². The molecule has 2 bridgehead atoms. The number of hydrogen-bond donors (Lipinski definition) is 1. The molecule has 1 aromatic heterocycles. The molecule has 35 heavy (non-hydrogen) atoms. The first kappa shape index (κ1) is 22.1. The second kappa shape index (κ2) is 8.66. The van der Waals surface area contributed by atoms with Gasteiger partial charge in [-0.1, -0.05) is 18.2 Å². The number of benzene rings is 1. The number of fused-ring (bicyclic) bond motifs is 5. The highest BCUT2D eigenvalue weighted by molar-refractivity contribution is 6.04. The Labute approximate surface area is 202 Å². The number of H-pyrrole nitrogens is 1. The van der Waals surface area contributed by atoms with E-state index in [0.29, 0.717) is 68.3 Å². The molecule has 4 saturated heterocycles. The molecule has 1 N–H and O–H groups in total. The lowest BCUT2D eigenvalue weighted by Gasteiger charge is -2.53. The van der Waals surface area contributed by atoms with Crippen molar-refractivity contribution < 1.29 is 14.4 Å². The van der Waals surface area contributed by atoms with Gasteiger partial charge in [0.05, 0.1) is 5.39 Å². The maximum absolute atomic E-state index is 13.4. The smallest absolute Gasteiger partial charge is 0.320 e. The van der Waals surface area contributed by atoms with Gasteiger partial charge in [-0.2, -0.15) is 5.10 Å². The van der Waals surface area contributed by atoms with Crippen LogP contribution in [0, 0.1) is 11.8 Å². The highest BCUT2D eigenvalue weighted by Crippen LogP contribution is 2.38. The molecule has 0 saturated carbocycles. The molecule has 4 fully saturated rings. The fourth-order valence-corrected chi connectivity index (χ4v) is 6.49. The van der Waals surface area contributed by atoms with E-state index >= 15 is 0 Å². The molecule has 184 valence electrons. The van der Waals surface area contributed by atoms with Crippen LogP contribution in [-0.2, 0) is 4.79 Å². The summed E-state index contributed by atoms with van der Waals surface area (Å²) in [4.78, 5) is 58.6. The Morgan fingerprint density at radius 2 is 1.66 bits per heavy atom. The number of piperazine rings is 1. The number of amides is 4. The van der Waals surface area contributed by atoms with Gasteiger partial charge in [0.15, 0.2) is 5.69 Å². The summed E-state index contributed by atoms with van der Waals surface area (Å²) in [6, 6.07) is 7.27. The Balaban J connectivity index is 1.10. The third kappa shape index (κ3) is 3.84. The second-order valence-corrected chi connectivity index (χ2v) is 10.3. The van der Waals surface area contributed by atoms with Crippen LogP contribution in [0.25, 0.3) is 10.8 Å². The van der Waals surface area contributed by atoms with Crippen LogP contribution < -0.4 is 5.56 Å². The molecule has 4 aliphatic rings. The predicted molar refractivity (Wildman–Crippen MR) is 128 cm³/mol. The van der Waals surface area contributed by atoms with E-state index in [9.17, 15) is 19.2 Å². The predicted octanol–water partition coefficient (Wildman–Crippen LogP) is 1.13. The minimum absolute atomic E-state index is 0.0370. The van der Waals surface area contributed by atoms with Crippen LogP contribution in [0.2, 0.25) is 0 Å². The maximum Gasteiger partial charge on any atom is 0.320 e. The minimum atomic E-state index is -0.320. The largest absolute Gasteiger partial charge is 0.339 e. The first-order chi connectivity index (χ1) is 17.0. The Bertz CT molecular complexity index is 1240. The monoisotopic (exact) mass is 478 g/mol. The highest BCUT2D eigenvalue weighted by Gasteiger charge is 2.45. The molecule has 4 amide bonds. The number of carbonyl (C=O) groups is 3. The zero-order chi connectivity index (χ0) is 24.1. The number of aromatic amines is 1. The molecular weight excluding hydrogens is 448 g/mol. The van der Waals surface area contributed by atoms with Crippen molar-refractivity contribution in [1.29, 1.82) is 0 Å². The SMILES string of the molecule is O=C(c1n[nH]c(=O)c2ccccc12)N1CCN(C(=O)N2CC3CC(C2)[C@H]2CCCC(=O)N2C3)CC1. The van der Waals surface area contributed by atoms with Crippen molar-refractivity contribution in [3.05, 3.63) is 40.3 Å². The lowest BCUT2D eigenvalue weighted by molar-refractivity contribution is -0.144. The van der Waals surface area contributed by atoms with E-state index < -0.39 is 0 Å². The van der Waals surface area contributed by atoms with Crippen LogP contribution in [0.3, 0.4) is 0 Å². The zero-order valence-corrected chi connectivity index (χ0v) is 19.7. The normalized spacial score (nSPS) is 26.6. The molecular formula is C25H30N6O4. The van der Waals surface area contributed by atoms with Crippen molar-refractivity contribution >= 4 is 28.6 Å². The summed E-state index contributed by atoms with van der Waals surface area (Å²) in [6.45, 7) is 3.94. The summed E-state index contributed by atoms with van der Waals surface area (Å²) >= 11 is 0. The summed E-state index contributed by atoms with van der Waals surface area (Å²) in [7, 11) is 0. The van der Waals surface area contributed by atoms with Crippen LogP contribution in [-0.4, -0.2) is 99.5 Å². The van der Waals surface area contributed by atoms with Gasteiger partial charge in [0.25, 0.3) is 11.5 Å². The summed E-state index contributed by atoms with van der Waals surface area (Å²) in [5, 5.41) is 7.44. The first-order valence-corrected chi connectivity index (χ1v) is 12.6. The van der Waals surface area contributed by atoms with Gasteiger partial charge in [0.1, 0.15) is 0 Å². The van der Waals surface area contributed by atoms with Gasteiger partial charge in [0, 0.05) is 63.7 Å². The second-order valence-electron chi connectivity index (χ2n) is 10.3. The fraction of sp³-hybridized carbons (Fsp3) is 0.560. The summed E-state index contributed by atoms with van der Waals surface area (Å²) in [5.41, 5.74) is -0.0880. The molecule has 6 rings (SSSR count). The Hall–Kier alpha value is -3.43. The van der Waals surface area contributed by atoms with E-state index in [1.807, 2.05) is 9.80 Å². The summed E-state index contributed by atoms with van der Waals surface area (Å²) in [6.07, 6.45) is 3.75. The third-order valence-corrected chi connectivity index (χ3v) is 8.19. The van der Waals surface area contributed by atoms with E-state index in [1.54, 1.807) is 29.2 Å². The van der Waals surface area contributed by atoms with E-state index in [1.165, 1.54) is 0 Å². The number of nitrogens with one attached hydrogen (secondary N) is 1. The molecule has 2 aromatic rings. The highest BCUT2D eigenvalue weighted by atomic mass is 16.2.